The third-order valence-corrected chi connectivity index (χ3v) is 11.1. The van der Waals surface area contributed by atoms with Gasteiger partial charge in [-0.15, -0.1) is 0 Å². The van der Waals surface area contributed by atoms with Gasteiger partial charge in [0.1, 0.15) is 0 Å². The van der Waals surface area contributed by atoms with E-state index >= 15 is 0 Å². The molecular formula is C23H13F37O3Si. The lowest BCUT2D eigenvalue weighted by Gasteiger charge is -2.47. The summed E-state index contributed by atoms with van der Waals surface area (Å²) in [6, 6.07) is 0. The highest BCUT2D eigenvalue weighted by Crippen LogP contribution is 2.71. The Morgan fingerprint density at radius 1 is 0.250 bits per heavy atom. The van der Waals surface area contributed by atoms with Crippen molar-refractivity contribution >= 4 is 8.80 Å². The average molecular weight is 1070 g/mol. The summed E-state index contributed by atoms with van der Waals surface area (Å²) in [5.74, 6) is -166. The number of hydrogen-bond acceptors (Lipinski definition) is 3. The SMILES string of the molecule is CO[Si](OC)(OC)C(F)(F)C(F)(F)C(F)(F)C(F)(F)C(F)(F)C(F)(F)C(F)(F)C(F)(F)C(F)(F)C(F)(F)C(F)(F)C(F)(F)C(F)(F)C(F)(F)C(F)(F)C(F)(F)C(F)(F)C(F)(F)C(C)F. The van der Waals surface area contributed by atoms with Crippen LogP contribution in [0.3, 0.4) is 0 Å². The lowest BCUT2D eigenvalue weighted by Crippen LogP contribution is -2.81. The highest BCUT2D eigenvalue weighted by Gasteiger charge is 3.03. The zero-order valence-corrected chi connectivity index (χ0v) is 30.3. The first-order valence-electron chi connectivity index (χ1n) is 14.2. The summed E-state index contributed by atoms with van der Waals surface area (Å²) in [6.45, 7) is -1.09. The van der Waals surface area contributed by atoms with Crippen LogP contribution >= 0.6 is 0 Å². The average Bonchev–Trinajstić information content (AvgIpc) is 3.10. The maximum atomic E-state index is 14.4. The van der Waals surface area contributed by atoms with Crippen molar-refractivity contribution in [2.24, 2.45) is 0 Å². The van der Waals surface area contributed by atoms with E-state index in [1.54, 1.807) is 0 Å². The number of alkyl halides is 37. The topological polar surface area (TPSA) is 27.7 Å². The fourth-order valence-electron chi connectivity index (χ4n) is 4.24. The predicted octanol–water partition coefficient (Wildman–Crippen LogP) is 12.2. The second kappa shape index (κ2) is 15.5. The van der Waals surface area contributed by atoms with Gasteiger partial charge < -0.3 is 13.3 Å². The first-order chi connectivity index (χ1) is 27.1. The lowest BCUT2D eigenvalue weighted by atomic mass is 9.82. The Bertz CT molecular complexity index is 1650. The van der Waals surface area contributed by atoms with E-state index in [2.05, 4.69) is 13.3 Å². The molecule has 0 aromatic heterocycles. The summed E-state index contributed by atoms with van der Waals surface area (Å²) in [6.07, 6.45) is -5.08. The summed E-state index contributed by atoms with van der Waals surface area (Å²) in [7, 11) is -8.37. The van der Waals surface area contributed by atoms with Gasteiger partial charge >= 0.3 is 115 Å². The third kappa shape index (κ3) is 6.69. The summed E-state index contributed by atoms with van der Waals surface area (Å²) in [4.78, 5) is 0. The van der Waals surface area contributed by atoms with Crippen molar-refractivity contribution in [2.45, 2.75) is 119 Å². The highest BCUT2D eigenvalue weighted by atomic mass is 28.4. The van der Waals surface area contributed by atoms with E-state index in [1.165, 1.54) is 0 Å². The third-order valence-electron chi connectivity index (χ3n) is 8.42. The van der Waals surface area contributed by atoms with E-state index in [-0.39, 0.29) is 21.3 Å². The Labute approximate surface area is 326 Å². The first-order valence-corrected chi connectivity index (χ1v) is 15.9. The van der Waals surface area contributed by atoms with Crippen LogP contribution in [0.2, 0.25) is 0 Å². The molecule has 0 aliphatic carbocycles. The molecular weight excluding hydrogens is 1060 g/mol. The molecule has 0 aromatic carbocycles. The molecule has 386 valence electrons. The lowest BCUT2D eigenvalue weighted by molar-refractivity contribution is -0.492. The molecule has 0 heterocycles. The molecule has 0 aliphatic rings. The molecule has 0 fully saturated rings. The molecule has 64 heavy (non-hydrogen) atoms. The van der Waals surface area contributed by atoms with Crippen LogP contribution in [0, 0.1) is 0 Å². The monoisotopic (exact) mass is 1070 g/mol. The second-order valence-corrected chi connectivity index (χ2v) is 15.1. The summed E-state index contributed by atoms with van der Waals surface area (Å²) < 4.78 is 527. The minimum atomic E-state index is -10.4. The summed E-state index contributed by atoms with van der Waals surface area (Å²) >= 11 is 0. The zero-order valence-electron chi connectivity index (χ0n) is 29.3. The molecule has 41 heteroatoms. The molecule has 1 atom stereocenters. The van der Waals surface area contributed by atoms with E-state index in [1.807, 2.05) is 0 Å². The molecule has 0 aliphatic heterocycles. The molecule has 0 bridgehead atoms. The fourth-order valence-corrected chi connectivity index (χ4v) is 6.05. The molecule has 0 radical (unpaired) electrons. The number of rotatable bonds is 22. The zero-order chi connectivity index (χ0) is 53.2. The number of halogens is 37. The molecule has 0 N–H and O–H groups in total. The van der Waals surface area contributed by atoms with Crippen LogP contribution in [-0.2, 0) is 13.3 Å². The van der Waals surface area contributed by atoms with Crippen molar-refractivity contribution < 1.29 is 176 Å². The van der Waals surface area contributed by atoms with Crippen molar-refractivity contribution in [1.29, 1.82) is 0 Å². The van der Waals surface area contributed by atoms with Crippen molar-refractivity contribution in [3.63, 3.8) is 0 Å². The van der Waals surface area contributed by atoms with Crippen molar-refractivity contribution in [3.05, 3.63) is 0 Å². The minimum absolute atomic E-state index is 0.372. The largest absolute Gasteiger partial charge is 0.581 e. The van der Waals surface area contributed by atoms with Crippen molar-refractivity contribution in [2.75, 3.05) is 21.3 Å². The van der Waals surface area contributed by atoms with Gasteiger partial charge in [0.2, 0.25) is 0 Å². The molecule has 0 rings (SSSR count). The molecule has 0 amide bonds. The Balaban J connectivity index is 8.01. The Morgan fingerprint density at radius 3 is 0.500 bits per heavy atom. The predicted molar refractivity (Wildman–Crippen MR) is 126 cm³/mol. The fraction of sp³-hybridized carbons (Fsp3) is 1.00. The second-order valence-electron chi connectivity index (χ2n) is 12.2. The van der Waals surface area contributed by atoms with Crippen LogP contribution in [0.15, 0.2) is 0 Å². The molecule has 0 aromatic rings. The number of hydrogen-bond donors (Lipinski definition) is 0. The van der Waals surface area contributed by atoms with Crippen LogP contribution in [0.4, 0.5) is 162 Å². The van der Waals surface area contributed by atoms with Crippen molar-refractivity contribution in [1.82, 2.24) is 0 Å². The van der Waals surface area contributed by atoms with Gasteiger partial charge in [-0.2, -0.15) is 158 Å². The quantitative estimate of drug-likeness (QED) is 0.0799. The molecule has 0 spiro atoms. The van der Waals surface area contributed by atoms with Gasteiger partial charge in [-0.3, -0.25) is 0 Å². The molecule has 3 nitrogen and oxygen atoms in total. The molecule has 0 saturated carbocycles. The van der Waals surface area contributed by atoms with Gasteiger partial charge in [-0.05, 0) is 6.92 Å². The van der Waals surface area contributed by atoms with Crippen LogP contribution in [-0.4, -0.2) is 143 Å². The van der Waals surface area contributed by atoms with E-state index in [0.717, 1.165) is 0 Å². The standard InChI is InChI=1S/C23H13F37O3Si/c1-5(24)6(25,26)7(27,28)8(29,30)9(31,32)10(33,34)11(35,36)12(37,38)13(39,40)14(41,42)15(43,44)16(45,46)17(47,48)18(49,50)19(51,52)20(53,54)21(55,56)22(57,58)23(59,60)64(61-2,62-3)63-4/h5H,1-4H3. The van der Waals surface area contributed by atoms with Crippen LogP contribution < -0.4 is 0 Å². The Morgan fingerprint density at radius 2 is 0.375 bits per heavy atom. The summed E-state index contributed by atoms with van der Waals surface area (Å²) in [5, 5.41) is 0. The van der Waals surface area contributed by atoms with Gasteiger partial charge in [0.25, 0.3) is 0 Å². The normalized spacial score (nSPS) is 17.6. The summed E-state index contributed by atoms with van der Waals surface area (Å²) in [5.41, 5.74) is -7.54. The minimum Gasteiger partial charge on any atom is -0.373 e. The van der Waals surface area contributed by atoms with Crippen LogP contribution in [0.1, 0.15) is 6.92 Å². The van der Waals surface area contributed by atoms with Crippen LogP contribution in [0.25, 0.3) is 0 Å². The first kappa shape index (κ1) is 61.5. The van der Waals surface area contributed by atoms with E-state index in [0.29, 0.717) is 0 Å². The molecule has 0 saturated heterocycles. The van der Waals surface area contributed by atoms with E-state index in [4.69, 9.17) is 0 Å². The van der Waals surface area contributed by atoms with Gasteiger partial charge in [-0.1, -0.05) is 0 Å². The Hall–Kier alpha value is -2.49. The van der Waals surface area contributed by atoms with Gasteiger partial charge in [0, 0.05) is 21.3 Å². The van der Waals surface area contributed by atoms with Crippen molar-refractivity contribution in [3.8, 4) is 0 Å². The molecule has 1 unspecified atom stereocenters. The highest BCUT2D eigenvalue weighted by molar-refractivity contribution is 6.63. The smallest absolute Gasteiger partial charge is 0.373 e. The van der Waals surface area contributed by atoms with Gasteiger partial charge in [0.05, 0.1) is 0 Å². The van der Waals surface area contributed by atoms with Gasteiger partial charge in [-0.25, -0.2) is 4.39 Å². The van der Waals surface area contributed by atoms with Gasteiger partial charge in [0.15, 0.2) is 6.17 Å². The van der Waals surface area contributed by atoms with E-state index < -0.39 is 128 Å². The van der Waals surface area contributed by atoms with Crippen LogP contribution in [0.5, 0.6) is 0 Å². The maximum Gasteiger partial charge on any atom is 0.581 e. The maximum absolute atomic E-state index is 14.4. The Kier molecular flexibility index (Phi) is 14.9. The van der Waals surface area contributed by atoms with E-state index in [9.17, 15) is 162 Å².